The molecule has 3 rings (SSSR count). The zero-order valence-electron chi connectivity index (χ0n) is 11.3. The van der Waals surface area contributed by atoms with E-state index in [1.165, 1.54) is 24.2 Å². The van der Waals surface area contributed by atoms with E-state index in [4.69, 9.17) is 5.73 Å². The number of carbonyl (C=O) groups excluding carboxylic acids is 1. The summed E-state index contributed by atoms with van der Waals surface area (Å²) in [6.07, 6.45) is 3.46. The van der Waals surface area contributed by atoms with E-state index < -0.39 is 0 Å². The quantitative estimate of drug-likeness (QED) is 0.852. The van der Waals surface area contributed by atoms with Gasteiger partial charge in [-0.15, -0.1) is 11.3 Å². The fraction of sp³-hybridized carbons (Fsp3) is 0.400. The number of thiophene rings is 1. The predicted octanol–water partition coefficient (Wildman–Crippen LogP) is 4.16. The molecule has 1 amide bonds. The molecular weight excluding hydrogens is 336 g/mol. The molecule has 0 bridgehead atoms. The highest BCUT2D eigenvalue weighted by Crippen LogP contribution is 2.35. The molecule has 2 aromatic rings. The van der Waals surface area contributed by atoms with Gasteiger partial charge in [-0.25, -0.2) is 0 Å². The Morgan fingerprint density at radius 2 is 2.25 bits per heavy atom. The van der Waals surface area contributed by atoms with Gasteiger partial charge in [0, 0.05) is 20.6 Å². The second kappa shape index (κ2) is 5.37. The lowest BCUT2D eigenvalue weighted by Gasteiger charge is -2.16. The van der Waals surface area contributed by atoms with Gasteiger partial charge in [0.25, 0.3) is 5.91 Å². The third-order valence-electron chi connectivity index (χ3n) is 4.07. The van der Waals surface area contributed by atoms with Crippen LogP contribution in [0, 0.1) is 5.92 Å². The van der Waals surface area contributed by atoms with Crippen LogP contribution in [0.2, 0.25) is 0 Å². The van der Waals surface area contributed by atoms with Gasteiger partial charge in [-0.05, 0) is 37.0 Å². The first-order valence-corrected chi connectivity index (χ1v) is 8.45. The molecule has 0 aliphatic heterocycles. The van der Waals surface area contributed by atoms with E-state index in [0.29, 0.717) is 22.5 Å². The lowest BCUT2D eigenvalue weighted by Crippen LogP contribution is -2.36. The van der Waals surface area contributed by atoms with Crippen LogP contribution < -0.4 is 11.1 Å². The largest absolute Gasteiger partial charge is 0.397 e. The molecule has 5 heteroatoms. The standard InChI is InChI=1S/C15H17BrN2OS/c1-8-3-2-4-11(8)18-15(19)14-13(17)10-7-9(16)5-6-12(10)20-14/h5-8,11H,2-4,17H2,1H3,(H,18,19). The topological polar surface area (TPSA) is 55.1 Å². The lowest BCUT2D eigenvalue weighted by molar-refractivity contribution is 0.0934. The van der Waals surface area contributed by atoms with Gasteiger partial charge in [0.15, 0.2) is 0 Å². The molecule has 0 saturated heterocycles. The van der Waals surface area contributed by atoms with Crippen molar-refractivity contribution in [2.45, 2.75) is 32.2 Å². The molecule has 3 N–H and O–H groups in total. The smallest absolute Gasteiger partial charge is 0.263 e. The van der Waals surface area contributed by atoms with Gasteiger partial charge in [0.05, 0.1) is 5.69 Å². The van der Waals surface area contributed by atoms with Crippen molar-refractivity contribution in [2.75, 3.05) is 5.73 Å². The van der Waals surface area contributed by atoms with Crippen molar-refractivity contribution in [3.63, 3.8) is 0 Å². The van der Waals surface area contributed by atoms with Gasteiger partial charge < -0.3 is 11.1 Å². The number of nitrogens with one attached hydrogen (secondary N) is 1. The fourth-order valence-corrected chi connectivity index (χ4v) is 4.22. The molecule has 2 unspecified atom stereocenters. The van der Waals surface area contributed by atoms with E-state index in [1.54, 1.807) is 0 Å². The van der Waals surface area contributed by atoms with Crippen LogP contribution in [0.3, 0.4) is 0 Å². The second-order valence-corrected chi connectivity index (χ2v) is 7.44. The zero-order valence-corrected chi connectivity index (χ0v) is 13.7. The Kier molecular flexibility index (Phi) is 3.73. The number of benzene rings is 1. The maximum Gasteiger partial charge on any atom is 0.263 e. The first-order valence-electron chi connectivity index (χ1n) is 6.84. The summed E-state index contributed by atoms with van der Waals surface area (Å²) >= 11 is 4.91. The number of nitrogen functional groups attached to an aromatic ring is 1. The van der Waals surface area contributed by atoms with Gasteiger partial charge in [0.2, 0.25) is 0 Å². The number of anilines is 1. The van der Waals surface area contributed by atoms with Crippen molar-refractivity contribution in [3.05, 3.63) is 27.5 Å². The molecule has 1 aliphatic rings. The highest BCUT2D eigenvalue weighted by Gasteiger charge is 2.26. The van der Waals surface area contributed by atoms with Crippen LogP contribution in [-0.4, -0.2) is 11.9 Å². The summed E-state index contributed by atoms with van der Waals surface area (Å²) < 4.78 is 2.03. The van der Waals surface area contributed by atoms with E-state index in [9.17, 15) is 4.79 Å². The Morgan fingerprint density at radius 1 is 1.45 bits per heavy atom. The fourth-order valence-electron chi connectivity index (χ4n) is 2.85. The van der Waals surface area contributed by atoms with Gasteiger partial charge in [-0.3, -0.25) is 4.79 Å². The highest BCUT2D eigenvalue weighted by molar-refractivity contribution is 9.10. The summed E-state index contributed by atoms with van der Waals surface area (Å²) in [5, 5.41) is 4.09. The van der Waals surface area contributed by atoms with E-state index in [0.717, 1.165) is 21.0 Å². The van der Waals surface area contributed by atoms with E-state index in [2.05, 4.69) is 28.2 Å². The number of fused-ring (bicyclic) bond motifs is 1. The number of rotatable bonds is 2. The van der Waals surface area contributed by atoms with E-state index >= 15 is 0 Å². The number of nitrogens with two attached hydrogens (primary N) is 1. The van der Waals surface area contributed by atoms with Crippen molar-refractivity contribution in [2.24, 2.45) is 5.92 Å². The first kappa shape index (κ1) is 13.9. The minimum atomic E-state index is -0.0291. The summed E-state index contributed by atoms with van der Waals surface area (Å²) in [4.78, 5) is 13.1. The Balaban J connectivity index is 1.89. The summed E-state index contributed by atoms with van der Waals surface area (Å²) in [5.41, 5.74) is 6.74. The van der Waals surface area contributed by atoms with Crippen LogP contribution in [0.1, 0.15) is 35.9 Å². The molecule has 0 radical (unpaired) electrons. The van der Waals surface area contributed by atoms with Crippen molar-refractivity contribution < 1.29 is 4.79 Å². The Bertz CT molecular complexity index is 667. The number of hydrogen-bond acceptors (Lipinski definition) is 3. The van der Waals surface area contributed by atoms with Crippen molar-refractivity contribution in [1.82, 2.24) is 5.32 Å². The number of hydrogen-bond donors (Lipinski definition) is 2. The summed E-state index contributed by atoms with van der Waals surface area (Å²) in [5.74, 6) is 0.530. The van der Waals surface area contributed by atoms with Crippen LogP contribution in [-0.2, 0) is 0 Å². The predicted molar refractivity (Wildman–Crippen MR) is 88.2 cm³/mol. The van der Waals surface area contributed by atoms with E-state index in [1.807, 2.05) is 18.2 Å². The third-order valence-corrected chi connectivity index (χ3v) is 5.75. The maximum atomic E-state index is 12.4. The average molecular weight is 353 g/mol. The number of amides is 1. The molecule has 1 heterocycles. The summed E-state index contributed by atoms with van der Waals surface area (Å²) in [7, 11) is 0. The Morgan fingerprint density at radius 3 is 2.95 bits per heavy atom. The van der Waals surface area contributed by atoms with Gasteiger partial charge in [-0.1, -0.05) is 29.3 Å². The van der Waals surface area contributed by atoms with E-state index in [-0.39, 0.29) is 5.91 Å². The molecule has 1 fully saturated rings. The normalized spacial score (nSPS) is 22.3. The van der Waals surface area contributed by atoms with Crippen LogP contribution in [0.25, 0.3) is 10.1 Å². The average Bonchev–Trinajstić information content (AvgIpc) is 2.95. The molecule has 1 aliphatic carbocycles. The molecule has 3 nitrogen and oxygen atoms in total. The van der Waals surface area contributed by atoms with Gasteiger partial charge in [0.1, 0.15) is 4.88 Å². The molecule has 2 atom stereocenters. The second-order valence-electron chi connectivity index (χ2n) is 5.47. The first-order chi connectivity index (χ1) is 9.56. The van der Waals surface area contributed by atoms with Crippen molar-refractivity contribution in [1.29, 1.82) is 0 Å². The third kappa shape index (κ3) is 2.44. The van der Waals surface area contributed by atoms with Crippen LogP contribution in [0.15, 0.2) is 22.7 Å². The van der Waals surface area contributed by atoms with Gasteiger partial charge >= 0.3 is 0 Å². The molecule has 1 aromatic carbocycles. The highest BCUT2D eigenvalue weighted by atomic mass is 79.9. The minimum absolute atomic E-state index is 0.0291. The summed E-state index contributed by atoms with van der Waals surface area (Å²) in [6.45, 7) is 2.20. The van der Waals surface area contributed by atoms with Crippen LogP contribution >= 0.6 is 27.3 Å². The van der Waals surface area contributed by atoms with Crippen LogP contribution in [0.5, 0.6) is 0 Å². The molecular formula is C15H17BrN2OS. The van der Waals surface area contributed by atoms with Gasteiger partial charge in [-0.2, -0.15) is 0 Å². The van der Waals surface area contributed by atoms with Crippen molar-refractivity contribution in [3.8, 4) is 0 Å². The Labute approximate surface area is 130 Å². The molecule has 0 spiro atoms. The SMILES string of the molecule is CC1CCCC1NC(=O)c1sc2ccc(Br)cc2c1N. The monoisotopic (exact) mass is 352 g/mol. The van der Waals surface area contributed by atoms with Crippen LogP contribution in [0.4, 0.5) is 5.69 Å². The van der Waals surface area contributed by atoms with Crippen molar-refractivity contribution >= 4 is 48.9 Å². The molecule has 1 saturated carbocycles. The Hall–Kier alpha value is -1.07. The number of carbonyl (C=O) groups is 1. The lowest BCUT2D eigenvalue weighted by atomic mass is 10.1. The maximum absolute atomic E-state index is 12.4. The molecule has 106 valence electrons. The molecule has 20 heavy (non-hydrogen) atoms. The molecule has 1 aromatic heterocycles. The minimum Gasteiger partial charge on any atom is -0.397 e. The summed E-state index contributed by atoms with van der Waals surface area (Å²) in [6, 6.07) is 6.23. The number of halogens is 1. The zero-order chi connectivity index (χ0) is 14.3.